The predicted octanol–water partition coefficient (Wildman–Crippen LogP) is 3.33. The van der Waals surface area contributed by atoms with E-state index in [1.807, 2.05) is 6.92 Å². The summed E-state index contributed by atoms with van der Waals surface area (Å²) >= 11 is 0. The molecule has 0 aliphatic heterocycles. The molecule has 0 fully saturated rings. The largest absolute Gasteiger partial charge is 0.494 e. The second-order valence-electron chi connectivity index (χ2n) is 4.40. The maximum absolute atomic E-state index is 13.8. The normalized spacial score (nSPS) is 12.3. The molecule has 0 bridgehead atoms. The number of benzene rings is 2. The number of ether oxygens (including phenoxy) is 1. The van der Waals surface area contributed by atoms with E-state index in [1.54, 1.807) is 12.1 Å². The second kappa shape index (κ2) is 5.36. The molecule has 0 aliphatic carbocycles. The second-order valence-corrected chi connectivity index (χ2v) is 4.40. The summed E-state index contributed by atoms with van der Waals surface area (Å²) in [5, 5.41) is 0. The molecule has 0 heterocycles. The molecule has 1 atom stereocenters. The first kappa shape index (κ1) is 13.5. The highest BCUT2D eigenvalue weighted by Gasteiger charge is 2.15. The molecule has 4 heteroatoms. The van der Waals surface area contributed by atoms with Crippen LogP contribution in [0.5, 0.6) is 5.75 Å². The van der Waals surface area contributed by atoms with Crippen LogP contribution in [0.4, 0.5) is 8.78 Å². The van der Waals surface area contributed by atoms with E-state index in [0.717, 1.165) is 5.56 Å². The molecule has 0 radical (unpaired) electrons. The molecule has 19 heavy (non-hydrogen) atoms. The summed E-state index contributed by atoms with van der Waals surface area (Å²) in [6, 6.07) is 8.38. The predicted molar refractivity (Wildman–Crippen MR) is 70.1 cm³/mol. The number of hydrogen-bond donors (Lipinski definition) is 1. The maximum Gasteiger partial charge on any atom is 0.165 e. The molecule has 1 unspecified atom stereocenters. The molecule has 0 spiro atoms. The first-order chi connectivity index (χ1) is 9.02. The monoisotopic (exact) mass is 263 g/mol. The van der Waals surface area contributed by atoms with E-state index in [2.05, 4.69) is 0 Å². The van der Waals surface area contributed by atoms with Crippen LogP contribution >= 0.6 is 0 Å². The van der Waals surface area contributed by atoms with Crippen LogP contribution in [0.3, 0.4) is 0 Å². The van der Waals surface area contributed by atoms with Crippen molar-refractivity contribution in [3.05, 3.63) is 64.7 Å². The van der Waals surface area contributed by atoms with Gasteiger partial charge in [0.05, 0.1) is 13.2 Å². The number of nitrogens with two attached hydrogens (primary N) is 1. The lowest BCUT2D eigenvalue weighted by molar-refractivity contribution is 0.385. The molecular formula is C15H15F2NO. The molecule has 100 valence electrons. The summed E-state index contributed by atoms with van der Waals surface area (Å²) < 4.78 is 32.0. The zero-order chi connectivity index (χ0) is 14.0. The fourth-order valence-electron chi connectivity index (χ4n) is 1.95. The topological polar surface area (TPSA) is 35.2 Å². The summed E-state index contributed by atoms with van der Waals surface area (Å²) in [5.41, 5.74) is 7.94. The van der Waals surface area contributed by atoms with E-state index in [4.69, 9.17) is 10.5 Å². The highest BCUT2D eigenvalue weighted by molar-refractivity contribution is 5.38. The van der Waals surface area contributed by atoms with Gasteiger partial charge in [0.15, 0.2) is 11.6 Å². The smallest absolute Gasteiger partial charge is 0.165 e. The van der Waals surface area contributed by atoms with Crippen LogP contribution < -0.4 is 10.5 Å². The SMILES string of the molecule is COc1cc(C(N)c2cc(C)ccc2F)ccc1F. The van der Waals surface area contributed by atoms with Gasteiger partial charge in [-0.05, 0) is 30.7 Å². The Morgan fingerprint density at radius 1 is 1.05 bits per heavy atom. The number of halogens is 2. The van der Waals surface area contributed by atoms with Gasteiger partial charge in [0, 0.05) is 5.56 Å². The quantitative estimate of drug-likeness (QED) is 0.921. The van der Waals surface area contributed by atoms with E-state index >= 15 is 0 Å². The zero-order valence-corrected chi connectivity index (χ0v) is 10.8. The van der Waals surface area contributed by atoms with Gasteiger partial charge in [-0.1, -0.05) is 23.8 Å². The van der Waals surface area contributed by atoms with Gasteiger partial charge in [-0.25, -0.2) is 8.78 Å². The Bertz CT molecular complexity index is 599. The van der Waals surface area contributed by atoms with Gasteiger partial charge in [0.2, 0.25) is 0 Å². The molecular weight excluding hydrogens is 248 g/mol. The summed E-state index contributed by atoms with van der Waals surface area (Å²) in [5.74, 6) is -0.745. The minimum atomic E-state index is -0.658. The lowest BCUT2D eigenvalue weighted by Crippen LogP contribution is -2.14. The standard InChI is InChI=1S/C15H15F2NO/c1-9-3-5-12(16)11(7-9)15(18)10-4-6-13(17)14(8-10)19-2/h3-8,15H,18H2,1-2H3. The number of rotatable bonds is 3. The van der Waals surface area contributed by atoms with Crippen molar-refractivity contribution in [2.75, 3.05) is 7.11 Å². The van der Waals surface area contributed by atoms with Gasteiger partial charge in [0.1, 0.15) is 5.82 Å². The van der Waals surface area contributed by atoms with Crippen molar-refractivity contribution in [3.8, 4) is 5.75 Å². The van der Waals surface area contributed by atoms with Crippen molar-refractivity contribution in [1.29, 1.82) is 0 Å². The van der Waals surface area contributed by atoms with Crippen LogP contribution in [0.1, 0.15) is 22.7 Å². The average molecular weight is 263 g/mol. The van der Waals surface area contributed by atoms with Gasteiger partial charge in [-0.2, -0.15) is 0 Å². The first-order valence-electron chi connectivity index (χ1n) is 5.88. The molecule has 0 saturated carbocycles. The van der Waals surface area contributed by atoms with Crippen molar-refractivity contribution >= 4 is 0 Å². The van der Waals surface area contributed by atoms with E-state index < -0.39 is 11.9 Å². The van der Waals surface area contributed by atoms with Crippen molar-refractivity contribution in [2.24, 2.45) is 5.73 Å². The minimum absolute atomic E-state index is 0.0982. The van der Waals surface area contributed by atoms with Crippen LogP contribution in [0, 0.1) is 18.6 Å². The van der Waals surface area contributed by atoms with Crippen LogP contribution in [0.15, 0.2) is 36.4 Å². The summed E-state index contributed by atoms with van der Waals surface area (Å²) in [4.78, 5) is 0. The summed E-state index contributed by atoms with van der Waals surface area (Å²) in [7, 11) is 1.38. The Labute approximate surface area is 110 Å². The van der Waals surface area contributed by atoms with E-state index in [0.29, 0.717) is 11.1 Å². The summed E-state index contributed by atoms with van der Waals surface area (Å²) in [6.45, 7) is 1.86. The molecule has 2 rings (SSSR count). The third-order valence-corrected chi connectivity index (χ3v) is 3.02. The van der Waals surface area contributed by atoms with Crippen LogP contribution in [-0.2, 0) is 0 Å². The van der Waals surface area contributed by atoms with Crippen molar-refractivity contribution in [2.45, 2.75) is 13.0 Å². The highest BCUT2D eigenvalue weighted by Crippen LogP contribution is 2.27. The average Bonchev–Trinajstić information content (AvgIpc) is 2.41. The number of aryl methyl sites for hydroxylation is 1. The summed E-state index contributed by atoms with van der Waals surface area (Å²) in [6.07, 6.45) is 0. The van der Waals surface area contributed by atoms with Gasteiger partial charge >= 0.3 is 0 Å². The van der Waals surface area contributed by atoms with E-state index in [9.17, 15) is 8.78 Å². The zero-order valence-electron chi connectivity index (χ0n) is 10.8. The van der Waals surface area contributed by atoms with E-state index in [-0.39, 0.29) is 11.6 Å². The van der Waals surface area contributed by atoms with Crippen LogP contribution in [0.25, 0.3) is 0 Å². The van der Waals surface area contributed by atoms with Crippen LogP contribution in [0.2, 0.25) is 0 Å². The molecule has 2 aromatic rings. The molecule has 0 amide bonds. The van der Waals surface area contributed by atoms with Gasteiger partial charge < -0.3 is 10.5 Å². The lowest BCUT2D eigenvalue weighted by Gasteiger charge is -2.15. The van der Waals surface area contributed by atoms with Crippen LogP contribution in [-0.4, -0.2) is 7.11 Å². The van der Waals surface area contributed by atoms with Crippen molar-refractivity contribution in [3.63, 3.8) is 0 Å². The van der Waals surface area contributed by atoms with Crippen molar-refractivity contribution in [1.82, 2.24) is 0 Å². The Kier molecular flexibility index (Phi) is 3.81. The Morgan fingerprint density at radius 3 is 2.42 bits per heavy atom. The number of hydrogen-bond acceptors (Lipinski definition) is 2. The minimum Gasteiger partial charge on any atom is -0.494 e. The van der Waals surface area contributed by atoms with Gasteiger partial charge in [0.25, 0.3) is 0 Å². The molecule has 0 aromatic heterocycles. The fraction of sp³-hybridized carbons (Fsp3) is 0.200. The van der Waals surface area contributed by atoms with E-state index in [1.165, 1.54) is 31.4 Å². The molecule has 0 saturated heterocycles. The Morgan fingerprint density at radius 2 is 1.74 bits per heavy atom. The third-order valence-electron chi connectivity index (χ3n) is 3.02. The molecule has 0 aliphatic rings. The third kappa shape index (κ3) is 2.74. The number of methoxy groups -OCH3 is 1. The lowest BCUT2D eigenvalue weighted by atomic mass is 9.97. The van der Waals surface area contributed by atoms with Gasteiger partial charge in [-0.3, -0.25) is 0 Å². The Balaban J connectivity index is 2.43. The molecule has 2 aromatic carbocycles. The molecule has 2 nitrogen and oxygen atoms in total. The highest BCUT2D eigenvalue weighted by atomic mass is 19.1. The molecule has 2 N–H and O–H groups in total. The van der Waals surface area contributed by atoms with Gasteiger partial charge in [-0.15, -0.1) is 0 Å². The Hall–Kier alpha value is -1.94. The fourth-order valence-corrected chi connectivity index (χ4v) is 1.95. The maximum atomic E-state index is 13.8. The first-order valence-corrected chi connectivity index (χ1v) is 5.88. The van der Waals surface area contributed by atoms with Crippen molar-refractivity contribution < 1.29 is 13.5 Å².